The molecule has 2 aromatic rings. The van der Waals surface area contributed by atoms with Crippen LogP contribution >= 0.6 is 35.0 Å². The minimum atomic E-state index is -0.0806. The number of nitrogens with one attached hydrogen (secondary N) is 1. The first-order valence-electron chi connectivity index (χ1n) is 7.24. The summed E-state index contributed by atoms with van der Waals surface area (Å²) in [6.45, 7) is 4.04. The molecule has 0 spiro atoms. The quantitative estimate of drug-likeness (QED) is 0.619. The Hall–Kier alpha value is -1.62. The number of amides is 1. The van der Waals surface area contributed by atoms with Crippen molar-refractivity contribution >= 4 is 46.6 Å². The molecule has 0 aliphatic heterocycles. The molecule has 1 N–H and O–H groups in total. The molecule has 0 atom stereocenters. The maximum Gasteiger partial charge on any atom is 0.234 e. The second-order valence-corrected chi connectivity index (χ2v) is 6.67. The molecule has 2 rings (SSSR count). The van der Waals surface area contributed by atoms with Crippen molar-refractivity contribution in [2.24, 2.45) is 0 Å². The number of carbonyl (C=O) groups excluding carboxylic acids is 1. The third kappa shape index (κ3) is 5.78. The van der Waals surface area contributed by atoms with Gasteiger partial charge in [0.1, 0.15) is 12.4 Å². The molecular weight excluding hydrogens is 365 g/mol. The number of halogens is 2. The molecule has 1 amide bonds. The Morgan fingerprint density at radius 2 is 1.83 bits per heavy atom. The summed E-state index contributed by atoms with van der Waals surface area (Å²) < 4.78 is 5.39. The summed E-state index contributed by atoms with van der Waals surface area (Å²) in [6.07, 6.45) is 1.68. The number of thioether (sulfide) groups is 1. The van der Waals surface area contributed by atoms with E-state index in [2.05, 4.69) is 11.9 Å². The van der Waals surface area contributed by atoms with Crippen LogP contribution in [0.3, 0.4) is 0 Å². The molecule has 0 saturated carbocycles. The van der Waals surface area contributed by atoms with Gasteiger partial charge in [-0.2, -0.15) is 0 Å². The molecule has 24 heavy (non-hydrogen) atoms. The molecule has 6 heteroatoms. The molecule has 0 radical (unpaired) electrons. The maximum atomic E-state index is 12.0. The molecule has 0 bridgehead atoms. The lowest BCUT2D eigenvalue weighted by atomic mass is 10.2. The number of ether oxygens (including phenoxy) is 1. The average Bonchev–Trinajstić information content (AvgIpc) is 2.57. The molecular formula is C18H17Cl2NO2S. The Balaban J connectivity index is 1.80. The maximum absolute atomic E-state index is 12.0. The molecule has 0 aliphatic carbocycles. The van der Waals surface area contributed by atoms with E-state index in [1.165, 1.54) is 11.8 Å². The van der Waals surface area contributed by atoms with E-state index in [-0.39, 0.29) is 5.91 Å². The first kappa shape index (κ1) is 18.7. The summed E-state index contributed by atoms with van der Waals surface area (Å²) in [5.74, 6) is 1.55. The fraction of sp³-hybridized carbons (Fsp3) is 0.167. The van der Waals surface area contributed by atoms with E-state index in [4.69, 9.17) is 27.9 Å². The smallest absolute Gasteiger partial charge is 0.234 e. The highest BCUT2D eigenvalue weighted by Gasteiger charge is 2.08. The molecule has 0 heterocycles. The highest BCUT2D eigenvalue weighted by Crippen LogP contribution is 2.28. The van der Waals surface area contributed by atoms with Gasteiger partial charge < -0.3 is 10.1 Å². The van der Waals surface area contributed by atoms with Gasteiger partial charge in [0, 0.05) is 21.5 Å². The van der Waals surface area contributed by atoms with Crippen molar-refractivity contribution in [1.82, 2.24) is 0 Å². The van der Waals surface area contributed by atoms with Crippen LogP contribution in [0.4, 0.5) is 5.69 Å². The second kappa shape index (κ2) is 9.62. The van der Waals surface area contributed by atoms with Crippen LogP contribution in [-0.2, 0) is 10.5 Å². The number of hydrogen-bond donors (Lipinski definition) is 1. The lowest BCUT2D eigenvalue weighted by Crippen LogP contribution is -2.14. The number of rotatable bonds is 8. The SMILES string of the molecule is C=CCOc1ccc(NC(=O)CSCc2c(Cl)cccc2Cl)cc1. The van der Waals surface area contributed by atoms with Gasteiger partial charge in [-0.05, 0) is 42.0 Å². The van der Waals surface area contributed by atoms with Crippen LogP contribution in [0.5, 0.6) is 5.75 Å². The van der Waals surface area contributed by atoms with E-state index in [1.54, 1.807) is 48.5 Å². The van der Waals surface area contributed by atoms with Gasteiger partial charge in [-0.25, -0.2) is 0 Å². The lowest BCUT2D eigenvalue weighted by molar-refractivity contribution is -0.113. The van der Waals surface area contributed by atoms with Crippen molar-refractivity contribution in [3.63, 3.8) is 0 Å². The van der Waals surface area contributed by atoms with E-state index in [1.807, 2.05) is 0 Å². The Kier molecular flexibility index (Phi) is 7.50. The van der Waals surface area contributed by atoms with E-state index < -0.39 is 0 Å². The highest BCUT2D eigenvalue weighted by molar-refractivity contribution is 7.99. The van der Waals surface area contributed by atoms with E-state index in [0.717, 1.165) is 17.0 Å². The first-order valence-corrected chi connectivity index (χ1v) is 9.15. The Labute approximate surface area is 156 Å². The normalized spacial score (nSPS) is 10.2. The van der Waals surface area contributed by atoms with Gasteiger partial charge in [0.05, 0.1) is 5.75 Å². The number of benzene rings is 2. The molecule has 3 nitrogen and oxygen atoms in total. The first-order chi connectivity index (χ1) is 11.6. The second-order valence-electron chi connectivity index (χ2n) is 4.87. The highest BCUT2D eigenvalue weighted by atomic mass is 35.5. The Bertz CT molecular complexity index is 684. The summed E-state index contributed by atoms with van der Waals surface area (Å²) >= 11 is 13.7. The van der Waals surface area contributed by atoms with Crippen LogP contribution in [0.1, 0.15) is 5.56 Å². The standard InChI is InChI=1S/C18H17Cl2NO2S/c1-2-10-23-14-8-6-13(7-9-14)21-18(22)12-24-11-15-16(19)4-3-5-17(15)20/h2-9H,1,10-12H2,(H,21,22). The van der Waals surface area contributed by atoms with Gasteiger partial charge in [0.25, 0.3) is 0 Å². The molecule has 0 aliphatic rings. The van der Waals surface area contributed by atoms with E-state index in [9.17, 15) is 4.79 Å². The third-order valence-electron chi connectivity index (χ3n) is 3.05. The fourth-order valence-corrected chi connectivity index (χ4v) is 3.47. The number of hydrogen-bond acceptors (Lipinski definition) is 3. The van der Waals surface area contributed by atoms with Crippen LogP contribution in [0.25, 0.3) is 0 Å². The topological polar surface area (TPSA) is 38.3 Å². The zero-order valence-electron chi connectivity index (χ0n) is 12.9. The van der Waals surface area contributed by atoms with Crippen LogP contribution in [0, 0.1) is 0 Å². The van der Waals surface area contributed by atoms with Crippen molar-refractivity contribution in [3.8, 4) is 5.75 Å². The largest absolute Gasteiger partial charge is 0.490 e. The minimum Gasteiger partial charge on any atom is -0.490 e. The van der Waals surface area contributed by atoms with Crippen LogP contribution < -0.4 is 10.1 Å². The molecule has 0 fully saturated rings. The third-order valence-corrected chi connectivity index (χ3v) is 4.71. The average molecular weight is 382 g/mol. The van der Waals surface area contributed by atoms with Gasteiger partial charge in [-0.3, -0.25) is 4.79 Å². The number of anilines is 1. The Morgan fingerprint density at radius 3 is 2.46 bits per heavy atom. The summed E-state index contributed by atoms with van der Waals surface area (Å²) in [5, 5.41) is 4.07. The molecule has 2 aromatic carbocycles. The Morgan fingerprint density at radius 1 is 1.17 bits per heavy atom. The van der Waals surface area contributed by atoms with Crippen molar-refractivity contribution in [2.45, 2.75) is 5.75 Å². The van der Waals surface area contributed by atoms with Crippen molar-refractivity contribution in [2.75, 3.05) is 17.7 Å². The summed E-state index contributed by atoms with van der Waals surface area (Å²) in [6, 6.07) is 12.6. The minimum absolute atomic E-state index is 0.0806. The summed E-state index contributed by atoms with van der Waals surface area (Å²) in [5.41, 5.74) is 1.57. The van der Waals surface area contributed by atoms with Crippen LogP contribution in [-0.4, -0.2) is 18.3 Å². The molecule has 0 aromatic heterocycles. The predicted molar refractivity (Wildman–Crippen MR) is 103 cm³/mol. The van der Waals surface area contributed by atoms with Gasteiger partial charge in [0.2, 0.25) is 5.91 Å². The van der Waals surface area contributed by atoms with E-state index in [0.29, 0.717) is 28.2 Å². The van der Waals surface area contributed by atoms with Crippen LogP contribution in [0.15, 0.2) is 55.1 Å². The van der Waals surface area contributed by atoms with E-state index >= 15 is 0 Å². The zero-order valence-corrected chi connectivity index (χ0v) is 15.3. The number of carbonyl (C=O) groups is 1. The monoisotopic (exact) mass is 381 g/mol. The van der Waals surface area contributed by atoms with Crippen molar-refractivity contribution in [3.05, 3.63) is 70.7 Å². The van der Waals surface area contributed by atoms with Gasteiger partial charge in [0.15, 0.2) is 0 Å². The van der Waals surface area contributed by atoms with Crippen molar-refractivity contribution < 1.29 is 9.53 Å². The summed E-state index contributed by atoms with van der Waals surface area (Å²) in [7, 11) is 0. The van der Waals surface area contributed by atoms with Gasteiger partial charge in [-0.1, -0.05) is 41.9 Å². The fourth-order valence-electron chi connectivity index (χ4n) is 1.90. The van der Waals surface area contributed by atoms with Crippen molar-refractivity contribution in [1.29, 1.82) is 0 Å². The predicted octanol–water partition coefficient (Wildman–Crippen LogP) is 5.43. The molecule has 126 valence electrons. The lowest BCUT2D eigenvalue weighted by Gasteiger charge is -2.08. The summed E-state index contributed by atoms with van der Waals surface area (Å²) in [4.78, 5) is 12.0. The molecule has 0 unspecified atom stereocenters. The van der Waals surface area contributed by atoms with Crippen LogP contribution in [0.2, 0.25) is 10.0 Å². The van der Waals surface area contributed by atoms with Gasteiger partial charge in [-0.15, -0.1) is 11.8 Å². The molecule has 0 saturated heterocycles. The zero-order chi connectivity index (χ0) is 17.4. The van der Waals surface area contributed by atoms with Gasteiger partial charge >= 0.3 is 0 Å².